The number of hydrogen-bond acceptors (Lipinski definition) is 7. The van der Waals surface area contributed by atoms with E-state index < -0.39 is 0 Å². The molecule has 1 atom stereocenters. The van der Waals surface area contributed by atoms with Crippen LogP contribution in [0.3, 0.4) is 0 Å². The maximum atomic E-state index is 13.1. The van der Waals surface area contributed by atoms with Crippen molar-refractivity contribution in [3.63, 3.8) is 0 Å². The quantitative estimate of drug-likeness (QED) is 0.606. The fraction of sp³-hybridized carbons (Fsp3) is 0.391. The number of nitrogens with zero attached hydrogens (tertiary/aromatic N) is 4. The lowest BCUT2D eigenvalue weighted by molar-refractivity contribution is -0.136. The monoisotopic (exact) mass is 436 g/mol. The van der Waals surface area contributed by atoms with E-state index in [0.29, 0.717) is 31.4 Å². The van der Waals surface area contributed by atoms with Gasteiger partial charge < -0.3 is 23.4 Å². The Morgan fingerprint density at radius 3 is 2.59 bits per heavy atom. The van der Waals surface area contributed by atoms with Crippen molar-refractivity contribution in [2.24, 2.45) is 5.92 Å². The van der Waals surface area contributed by atoms with Gasteiger partial charge in [-0.25, -0.2) is 0 Å². The summed E-state index contributed by atoms with van der Waals surface area (Å²) in [5.74, 6) is 1.57. The average Bonchev–Trinajstić information content (AvgIpc) is 3.59. The van der Waals surface area contributed by atoms with Gasteiger partial charge in [0.2, 0.25) is 17.7 Å². The molecular formula is C23H24N4O5. The lowest BCUT2D eigenvalue weighted by atomic mass is 9.95. The summed E-state index contributed by atoms with van der Waals surface area (Å²) in [5, 5.41) is 8.29. The van der Waals surface area contributed by atoms with Crippen LogP contribution in [0.25, 0.3) is 11.5 Å². The highest BCUT2D eigenvalue weighted by Crippen LogP contribution is 2.32. The lowest BCUT2D eigenvalue weighted by Gasteiger charge is -2.32. The number of piperidine rings is 1. The first-order chi connectivity index (χ1) is 15.6. The molecule has 0 spiro atoms. The van der Waals surface area contributed by atoms with Crippen molar-refractivity contribution in [1.82, 2.24) is 15.1 Å². The SMILES string of the molecule is COc1ccc(N2CC(C(=O)N3CCC(c4nnc(-c5ccoc5)o4)CC3)CC2=O)cc1. The number of likely N-dealkylation sites (tertiary alicyclic amines) is 1. The Balaban J connectivity index is 1.18. The molecule has 166 valence electrons. The van der Waals surface area contributed by atoms with E-state index in [4.69, 9.17) is 13.6 Å². The molecule has 1 unspecified atom stereocenters. The molecule has 0 saturated carbocycles. The smallest absolute Gasteiger partial charge is 0.250 e. The number of carbonyl (C=O) groups is 2. The van der Waals surface area contributed by atoms with E-state index >= 15 is 0 Å². The molecule has 2 aliphatic rings. The maximum Gasteiger partial charge on any atom is 0.250 e. The summed E-state index contributed by atoms with van der Waals surface area (Å²) >= 11 is 0. The second kappa shape index (κ2) is 8.49. The number of aromatic nitrogens is 2. The van der Waals surface area contributed by atoms with Crippen LogP contribution in [0.4, 0.5) is 5.69 Å². The Hall–Kier alpha value is -3.62. The molecule has 32 heavy (non-hydrogen) atoms. The molecular weight excluding hydrogens is 412 g/mol. The molecule has 4 heterocycles. The zero-order valence-corrected chi connectivity index (χ0v) is 17.8. The molecule has 9 heteroatoms. The van der Waals surface area contributed by atoms with Gasteiger partial charge in [0.05, 0.1) is 24.9 Å². The van der Waals surface area contributed by atoms with Crippen LogP contribution in [0, 0.1) is 5.92 Å². The van der Waals surface area contributed by atoms with Crippen molar-refractivity contribution in [3.05, 3.63) is 48.7 Å². The molecule has 2 aromatic heterocycles. The van der Waals surface area contributed by atoms with E-state index in [2.05, 4.69) is 10.2 Å². The second-order valence-electron chi connectivity index (χ2n) is 8.16. The van der Waals surface area contributed by atoms with Gasteiger partial charge >= 0.3 is 0 Å². The number of methoxy groups -OCH3 is 1. The van der Waals surface area contributed by atoms with Crippen LogP contribution in [-0.4, -0.2) is 53.7 Å². The molecule has 2 fully saturated rings. The van der Waals surface area contributed by atoms with Gasteiger partial charge in [0, 0.05) is 37.7 Å². The van der Waals surface area contributed by atoms with Crippen molar-refractivity contribution in [2.45, 2.75) is 25.2 Å². The fourth-order valence-electron chi connectivity index (χ4n) is 4.39. The van der Waals surface area contributed by atoms with Crippen molar-refractivity contribution in [3.8, 4) is 17.2 Å². The van der Waals surface area contributed by atoms with Gasteiger partial charge in [-0.15, -0.1) is 10.2 Å². The minimum Gasteiger partial charge on any atom is -0.497 e. The van der Waals surface area contributed by atoms with Gasteiger partial charge in [0.1, 0.15) is 12.0 Å². The Bertz CT molecular complexity index is 1080. The number of ether oxygens (including phenoxy) is 1. The summed E-state index contributed by atoms with van der Waals surface area (Å²) in [6, 6.07) is 9.10. The van der Waals surface area contributed by atoms with Crippen LogP contribution in [0.2, 0.25) is 0 Å². The lowest BCUT2D eigenvalue weighted by Crippen LogP contribution is -2.42. The highest BCUT2D eigenvalue weighted by Gasteiger charge is 2.38. The molecule has 3 aromatic rings. The Labute approximate surface area is 185 Å². The number of hydrogen-bond donors (Lipinski definition) is 0. The minimum atomic E-state index is -0.322. The number of anilines is 1. The van der Waals surface area contributed by atoms with Gasteiger partial charge in [-0.3, -0.25) is 9.59 Å². The molecule has 5 rings (SSSR count). The van der Waals surface area contributed by atoms with E-state index in [9.17, 15) is 9.59 Å². The van der Waals surface area contributed by atoms with Crippen LogP contribution in [0.1, 0.15) is 31.1 Å². The van der Waals surface area contributed by atoms with Gasteiger partial charge in [-0.05, 0) is 43.2 Å². The highest BCUT2D eigenvalue weighted by molar-refractivity contribution is 6.00. The number of furan rings is 1. The van der Waals surface area contributed by atoms with Gasteiger partial charge in [-0.1, -0.05) is 0 Å². The summed E-state index contributed by atoms with van der Waals surface area (Å²) in [7, 11) is 1.60. The molecule has 2 saturated heterocycles. The summed E-state index contributed by atoms with van der Waals surface area (Å²) in [6.45, 7) is 1.63. The normalized spacial score (nSPS) is 19.5. The van der Waals surface area contributed by atoms with E-state index in [1.807, 2.05) is 29.2 Å². The third-order valence-electron chi connectivity index (χ3n) is 6.22. The molecule has 0 bridgehead atoms. The van der Waals surface area contributed by atoms with E-state index in [0.717, 1.165) is 29.8 Å². The first kappa shape index (κ1) is 20.3. The number of amides is 2. The minimum absolute atomic E-state index is 0.0268. The zero-order valence-electron chi connectivity index (χ0n) is 17.8. The first-order valence-corrected chi connectivity index (χ1v) is 10.7. The molecule has 0 N–H and O–H groups in total. The predicted octanol–water partition coefficient (Wildman–Crippen LogP) is 3.10. The first-order valence-electron chi connectivity index (χ1n) is 10.7. The third kappa shape index (κ3) is 3.86. The largest absolute Gasteiger partial charge is 0.497 e. The number of carbonyl (C=O) groups excluding carboxylic acids is 2. The van der Waals surface area contributed by atoms with Crippen molar-refractivity contribution in [1.29, 1.82) is 0 Å². The standard InChI is InChI=1S/C23H24N4O5/c1-30-19-4-2-18(3-5-19)27-13-17(12-20(27)28)23(29)26-9-6-15(7-10-26)21-24-25-22(32-21)16-8-11-31-14-16/h2-5,8,11,14-15,17H,6-7,9-10,12-13H2,1H3. The second-order valence-corrected chi connectivity index (χ2v) is 8.16. The van der Waals surface area contributed by atoms with Crippen LogP contribution in [0.5, 0.6) is 5.75 Å². The summed E-state index contributed by atoms with van der Waals surface area (Å²) in [5.41, 5.74) is 1.54. The van der Waals surface area contributed by atoms with Crippen molar-refractivity contribution >= 4 is 17.5 Å². The zero-order chi connectivity index (χ0) is 22.1. The van der Waals surface area contributed by atoms with Crippen LogP contribution >= 0.6 is 0 Å². The van der Waals surface area contributed by atoms with E-state index in [1.54, 1.807) is 30.6 Å². The number of rotatable bonds is 5. The maximum absolute atomic E-state index is 13.1. The molecule has 2 amide bonds. The Kier molecular flexibility index (Phi) is 5.38. The predicted molar refractivity (Wildman–Crippen MR) is 114 cm³/mol. The summed E-state index contributed by atoms with van der Waals surface area (Å²) in [4.78, 5) is 29.2. The van der Waals surface area contributed by atoms with Gasteiger partial charge in [0.15, 0.2) is 0 Å². The molecule has 0 radical (unpaired) electrons. The topological polar surface area (TPSA) is 102 Å². The summed E-state index contributed by atoms with van der Waals surface area (Å²) < 4.78 is 16.0. The van der Waals surface area contributed by atoms with Gasteiger partial charge in [0.25, 0.3) is 5.89 Å². The van der Waals surface area contributed by atoms with Crippen LogP contribution in [-0.2, 0) is 9.59 Å². The van der Waals surface area contributed by atoms with E-state index in [1.165, 1.54) is 0 Å². The van der Waals surface area contributed by atoms with Gasteiger partial charge in [-0.2, -0.15) is 0 Å². The van der Waals surface area contributed by atoms with Crippen molar-refractivity contribution in [2.75, 3.05) is 31.6 Å². The number of benzene rings is 1. The molecule has 2 aliphatic heterocycles. The average molecular weight is 436 g/mol. The summed E-state index contributed by atoms with van der Waals surface area (Å²) in [6.07, 6.45) is 4.87. The third-order valence-corrected chi connectivity index (χ3v) is 6.22. The van der Waals surface area contributed by atoms with E-state index in [-0.39, 0.29) is 30.1 Å². The fourth-order valence-corrected chi connectivity index (χ4v) is 4.39. The molecule has 1 aromatic carbocycles. The van der Waals surface area contributed by atoms with Crippen LogP contribution < -0.4 is 9.64 Å². The van der Waals surface area contributed by atoms with Crippen molar-refractivity contribution < 1.29 is 23.2 Å². The van der Waals surface area contributed by atoms with Crippen LogP contribution in [0.15, 0.2) is 51.7 Å². The Morgan fingerprint density at radius 2 is 1.91 bits per heavy atom. The molecule has 0 aliphatic carbocycles. The highest BCUT2D eigenvalue weighted by atomic mass is 16.5. The Morgan fingerprint density at radius 1 is 1.12 bits per heavy atom. The molecule has 9 nitrogen and oxygen atoms in total.